The molecule has 1 heterocycles. The maximum Gasteiger partial charge on any atom is 0.230 e. The number of nitrogens with one attached hydrogen (secondary N) is 1. The molecule has 0 fully saturated rings. The van der Waals surface area contributed by atoms with Gasteiger partial charge in [0.15, 0.2) is 0 Å². The molecule has 1 aromatic rings. The normalized spacial score (nSPS) is 18.2. The first kappa shape index (κ1) is 9.96. The van der Waals surface area contributed by atoms with Crippen molar-refractivity contribution in [2.45, 2.75) is 20.3 Å². The van der Waals surface area contributed by atoms with Gasteiger partial charge < -0.3 is 11.1 Å². The van der Waals surface area contributed by atoms with E-state index in [2.05, 4.69) is 5.32 Å². The summed E-state index contributed by atoms with van der Waals surface area (Å²) in [5.74, 6) is -0.576. The molecule has 4 heteroatoms. The standard InChI is InChI=1S/C11H13FN2O/c1-11(2)5-6-3-8(13)7(12)4-9(6)14-10(11)15/h3-4H,5,13H2,1-2H3,(H,14,15). The number of halogens is 1. The van der Waals surface area contributed by atoms with E-state index >= 15 is 0 Å². The van der Waals surface area contributed by atoms with E-state index < -0.39 is 11.2 Å². The molecule has 1 aliphatic heterocycles. The molecule has 0 radical (unpaired) electrons. The highest BCUT2D eigenvalue weighted by Crippen LogP contribution is 2.34. The van der Waals surface area contributed by atoms with E-state index in [1.807, 2.05) is 13.8 Å². The highest BCUT2D eigenvalue weighted by Gasteiger charge is 2.33. The van der Waals surface area contributed by atoms with Gasteiger partial charge in [0.2, 0.25) is 5.91 Å². The van der Waals surface area contributed by atoms with Crippen molar-refractivity contribution in [1.29, 1.82) is 0 Å². The molecule has 1 amide bonds. The second-order valence-electron chi connectivity index (χ2n) is 4.55. The fourth-order valence-electron chi connectivity index (χ4n) is 1.75. The summed E-state index contributed by atoms with van der Waals surface area (Å²) in [5.41, 5.74) is 6.56. The van der Waals surface area contributed by atoms with Crippen molar-refractivity contribution in [2.24, 2.45) is 5.41 Å². The fourth-order valence-corrected chi connectivity index (χ4v) is 1.75. The van der Waals surface area contributed by atoms with Crippen molar-refractivity contribution in [1.82, 2.24) is 0 Å². The number of nitrogen functional groups attached to an aromatic ring is 1. The molecule has 0 aromatic heterocycles. The number of anilines is 2. The predicted octanol–water partition coefficient (Wildman–Crippen LogP) is 1.93. The van der Waals surface area contributed by atoms with E-state index in [4.69, 9.17) is 5.73 Å². The van der Waals surface area contributed by atoms with Crippen LogP contribution in [0, 0.1) is 11.2 Å². The summed E-state index contributed by atoms with van der Waals surface area (Å²) in [6.45, 7) is 3.70. The third-order valence-electron chi connectivity index (χ3n) is 2.72. The molecule has 3 nitrogen and oxygen atoms in total. The smallest absolute Gasteiger partial charge is 0.230 e. The van der Waals surface area contributed by atoms with Crippen LogP contribution in [0.1, 0.15) is 19.4 Å². The zero-order valence-electron chi connectivity index (χ0n) is 8.73. The molecule has 0 saturated heterocycles. The summed E-state index contributed by atoms with van der Waals surface area (Å²) in [5, 5.41) is 2.68. The molecule has 80 valence electrons. The molecule has 3 N–H and O–H groups in total. The molecule has 0 bridgehead atoms. The third kappa shape index (κ3) is 1.56. The largest absolute Gasteiger partial charge is 0.396 e. The summed E-state index contributed by atoms with van der Waals surface area (Å²) in [7, 11) is 0. The fraction of sp³-hybridized carbons (Fsp3) is 0.364. The predicted molar refractivity (Wildman–Crippen MR) is 56.9 cm³/mol. The van der Waals surface area contributed by atoms with Crippen LogP contribution in [0.3, 0.4) is 0 Å². The van der Waals surface area contributed by atoms with Gasteiger partial charge in [-0.2, -0.15) is 0 Å². The minimum Gasteiger partial charge on any atom is -0.396 e. The molecule has 0 atom stereocenters. The Morgan fingerprint density at radius 2 is 2.13 bits per heavy atom. The number of carbonyl (C=O) groups is 1. The van der Waals surface area contributed by atoms with Crippen LogP contribution in [0.25, 0.3) is 0 Å². The van der Waals surface area contributed by atoms with Gasteiger partial charge in [-0.15, -0.1) is 0 Å². The van der Waals surface area contributed by atoms with Gasteiger partial charge in [0.1, 0.15) is 5.82 Å². The van der Waals surface area contributed by atoms with E-state index in [9.17, 15) is 9.18 Å². The Morgan fingerprint density at radius 3 is 2.80 bits per heavy atom. The Hall–Kier alpha value is -1.58. The van der Waals surface area contributed by atoms with Crippen LogP contribution >= 0.6 is 0 Å². The average Bonchev–Trinajstić information content (AvgIpc) is 2.11. The molecule has 0 aliphatic carbocycles. The zero-order valence-corrected chi connectivity index (χ0v) is 8.73. The number of nitrogens with two attached hydrogens (primary N) is 1. The van der Waals surface area contributed by atoms with Gasteiger partial charge >= 0.3 is 0 Å². The van der Waals surface area contributed by atoms with Crippen LogP contribution in [0.2, 0.25) is 0 Å². The number of benzene rings is 1. The molecule has 0 spiro atoms. The number of fused-ring (bicyclic) bond motifs is 1. The number of amides is 1. The lowest BCUT2D eigenvalue weighted by Crippen LogP contribution is -2.37. The van der Waals surface area contributed by atoms with Gasteiger partial charge in [0, 0.05) is 11.1 Å². The van der Waals surface area contributed by atoms with Gasteiger partial charge in [-0.1, -0.05) is 13.8 Å². The number of hydrogen-bond donors (Lipinski definition) is 2. The van der Waals surface area contributed by atoms with Crippen LogP contribution in [0.15, 0.2) is 12.1 Å². The summed E-state index contributed by atoms with van der Waals surface area (Å²) in [6.07, 6.45) is 0.582. The van der Waals surface area contributed by atoms with Crippen LogP contribution in [0.5, 0.6) is 0 Å². The summed E-state index contributed by atoms with van der Waals surface area (Å²) >= 11 is 0. The first-order valence-corrected chi connectivity index (χ1v) is 4.79. The van der Waals surface area contributed by atoms with Crippen molar-refractivity contribution in [3.8, 4) is 0 Å². The van der Waals surface area contributed by atoms with Gasteiger partial charge in [0.25, 0.3) is 0 Å². The van der Waals surface area contributed by atoms with E-state index in [0.717, 1.165) is 5.56 Å². The molecule has 0 saturated carbocycles. The maximum atomic E-state index is 13.2. The van der Waals surface area contributed by atoms with Crippen LogP contribution in [-0.4, -0.2) is 5.91 Å². The number of hydrogen-bond acceptors (Lipinski definition) is 2. The molecule has 0 unspecified atom stereocenters. The lowest BCUT2D eigenvalue weighted by molar-refractivity contribution is -0.124. The first-order chi connectivity index (χ1) is 6.90. The van der Waals surface area contributed by atoms with Crippen molar-refractivity contribution in [3.63, 3.8) is 0 Å². The van der Waals surface area contributed by atoms with Crippen molar-refractivity contribution >= 4 is 17.3 Å². The highest BCUT2D eigenvalue weighted by atomic mass is 19.1. The van der Waals surface area contributed by atoms with Crippen molar-refractivity contribution in [3.05, 3.63) is 23.5 Å². The molecule has 2 rings (SSSR count). The molecule has 1 aromatic carbocycles. The van der Waals surface area contributed by atoms with Crippen LogP contribution in [-0.2, 0) is 11.2 Å². The average molecular weight is 208 g/mol. The minimum atomic E-state index is -0.492. The Labute approximate surface area is 87.5 Å². The van der Waals surface area contributed by atoms with E-state index in [1.54, 1.807) is 6.07 Å². The Bertz CT molecular complexity index is 440. The Kier molecular flexibility index (Phi) is 1.96. The summed E-state index contributed by atoms with van der Waals surface area (Å²) in [6, 6.07) is 2.86. The maximum absolute atomic E-state index is 13.2. The lowest BCUT2D eigenvalue weighted by Gasteiger charge is -2.30. The SMILES string of the molecule is CC1(C)Cc2cc(N)c(F)cc2NC1=O. The summed E-state index contributed by atoms with van der Waals surface area (Å²) in [4.78, 5) is 11.6. The van der Waals surface area contributed by atoms with Gasteiger partial charge in [0.05, 0.1) is 5.69 Å². The van der Waals surface area contributed by atoms with E-state index in [-0.39, 0.29) is 11.6 Å². The lowest BCUT2D eigenvalue weighted by atomic mass is 9.81. The minimum absolute atomic E-state index is 0.0841. The monoisotopic (exact) mass is 208 g/mol. The first-order valence-electron chi connectivity index (χ1n) is 4.79. The molecular weight excluding hydrogens is 195 g/mol. The van der Waals surface area contributed by atoms with E-state index in [0.29, 0.717) is 12.1 Å². The number of carbonyl (C=O) groups excluding carboxylic acids is 1. The Morgan fingerprint density at radius 1 is 1.47 bits per heavy atom. The molecule has 1 aliphatic rings. The topological polar surface area (TPSA) is 55.1 Å². The number of rotatable bonds is 0. The second kappa shape index (κ2) is 2.95. The quantitative estimate of drug-likeness (QED) is 0.640. The van der Waals surface area contributed by atoms with Gasteiger partial charge in [-0.05, 0) is 24.1 Å². The van der Waals surface area contributed by atoms with Gasteiger partial charge in [-0.25, -0.2) is 4.39 Å². The van der Waals surface area contributed by atoms with Crippen LogP contribution < -0.4 is 11.1 Å². The van der Waals surface area contributed by atoms with Crippen molar-refractivity contribution in [2.75, 3.05) is 11.1 Å². The zero-order chi connectivity index (χ0) is 11.2. The van der Waals surface area contributed by atoms with Crippen molar-refractivity contribution < 1.29 is 9.18 Å². The van der Waals surface area contributed by atoms with Crippen LogP contribution in [0.4, 0.5) is 15.8 Å². The molecular formula is C11H13FN2O. The van der Waals surface area contributed by atoms with Gasteiger partial charge in [-0.3, -0.25) is 4.79 Å². The van der Waals surface area contributed by atoms with E-state index in [1.165, 1.54) is 6.07 Å². The third-order valence-corrected chi connectivity index (χ3v) is 2.72. The summed E-state index contributed by atoms with van der Waals surface area (Å²) < 4.78 is 13.2. The Balaban J connectivity index is 2.51. The second-order valence-corrected chi connectivity index (χ2v) is 4.55. The highest BCUT2D eigenvalue weighted by molar-refractivity contribution is 5.98. The molecule has 15 heavy (non-hydrogen) atoms.